The van der Waals surface area contributed by atoms with Crippen LogP contribution in [-0.2, 0) is 11.2 Å². The number of carbonyl (C=O) groups is 2. The number of nitrogens with zero attached hydrogens (tertiary/aromatic N) is 1. The zero-order valence-corrected chi connectivity index (χ0v) is 10.9. The van der Waals surface area contributed by atoms with Gasteiger partial charge in [0.25, 0.3) is 0 Å². The summed E-state index contributed by atoms with van der Waals surface area (Å²) < 4.78 is 0. The van der Waals surface area contributed by atoms with Gasteiger partial charge in [0.15, 0.2) is 0 Å². The molecule has 1 aromatic carbocycles. The number of anilines is 1. The predicted molar refractivity (Wildman–Crippen MR) is 72.2 cm³/mol. The summed E-state index contributed by atoms with van der Waals surface area (Å²) in [6.07, 6.45) is 2.60. The topological polar surface area (TPSA) is 69.6 Å². The molecule has 1 saturated carbocycles. The number of hydrogen-bond acceptors (Lipinski definition) is 2. The lowest BCUT2D eigenvalue weighted by molar-refractivity contribution is -0.136. The summed E-state index contributed by atoms with van der Waals surface area (Å²) in [5.74, 6) is -0.837. The predicted octanol–water partition coefficient (Wildman–Crippen LogP) is 2.33. The van der Waals surface area contributed by atoms with Crippen LogP contribution in [0.3, 0.4) is 0 Å². The summed E-state index contributed by atoms with van der Waals surface area (Å²) in [4.78, 5) is 24.3. The van der Waals surface area contributed by atoms with Crippen LogP contribution in [0.5, 0.6) is 0 Å². The van der Waals surface area contributed by atoms with Crippen molar-refractivity contribution in [3.05, 3.63) is 29.8 Å². The van der Waals surface area contributed by atoms with Crippen molar-refractivity contribution in [3.63, 3.8) is 0 Å². The van der Waals surface area contributed by atoms with Crippen molar-refractivity contribution in [2.75, 3.05) is 12.4 Å². The van der Waals surface area contributed by atoms with E-state index in [2.05, 4.69) is 5.32 Å². The molecule has 2 rings (SSSR count). The zero-order chi connectivity index (χ0) is 13.8. The van der Waals surface area contributed by atoms with Crippen LogP contribution in [0, 0.1) is 0 Å². The van der Waals surface area contributed by atoms with E-state index >= 15 is 0 Å². The maximum Gasteiger partial charge on any atom is 0.321 e. The van der Waals surface area contributed by atoms with Gasteiger partial charge in [-0.3, -0.25) is 4.79 Å². The lowest BCUT2D eigenvalue weighted by atomic mass is 10.1. The van der Waals surface area contributed by atoms with Crippen molar-refractivity contribution in [2.24, 2.45) is 0 Å². The Hall–Kier alpha value is -2.04. The van der Waals surface area contributed by atoms with E-state index in [0.717, 1.165) is 18.4 Å². The zero-order valence-electron chi connectivity index (χ0n) is 10.9. The standard InChI is InChI=1S/C14H18N2O3/c1-16(11-7-8-11)14(19)15-12-5-3-2-4-10(12)6-9-13(17)18/h2-5,11H,6-9H2,1H3,(H,15,19)(H,17,18). The van der Waals surface area contributed by atoms with E-state index in [9.17, 15) is 9.59 Å². The van der Waals surface area contributed by atoms with Crippen LogP contribution in [0.25, 0.3) is 0 Å². The van der Waals surface area contributed by atoms with Gasteiger partial charge in [-0.1, -0.05) is 18.2 Å². The smallest absolute Gasteiger partial charge is 0.321 e. The van der Waals surface area contributed by atoms with E-state index < -0.39 is 5.97 Å². The Bertz CT molecular complexity index is 483. The van der Waals surface area contributed by atoms with E-state index in [1.807, 2.05) is 18.2 Å². The van der Waals surface area contributed by atoms with Crippen molar-refractivity contribution < 1.29 is 14.7 Å². The van der Waals surface area contributed by atoms with Gasteiger partial charge < -0.3 is 15.3 Å². The minimum Gasteiger partial charge on any atom is -0.481 e. The second-order valence-electron chi connectivity index (χ2n) is 4.82. The highest BCUT2D eigenvalue weighted by Gasteiger charge is 2.29. The number of carboxylic acids is 1. The lowest BCUT2D eigenvalue weighted by Crippen LogP contribution is -2.33. The van der Waals surface area contributed by atoms with E-state index in [0.29, 0.717) is 18.2 Å². The number of hydrogen-bond donors (Lipinski definition) is 2. The molecule has 0 aliphatic heterocycles. The van der Waals surface area contributed by atoms with Crippen LogP contribution in [-0.4, -0.2) is 35.1 Å². The first-order valence-electron chi connectivity index (χ1n) is 6.41. The first-order valence-corrected chi connectivity index (χ1v) is 6.41. The summed E-state index contributed by atoms with van der Waals surface area (Å²) in [6.45, 7) is 0. The lowest BCUT2D eigenvalue weighted by Gasteiger charge is -2.18. The molecule has 2 N–H and O–H groups in total. The van der Waals surface area contributed by atoms with Crippen LogP contribution < -0.4 is 5.32 Å². The molecular formula is C14H18N2O3. The summed E-state index contributed by atoms with van der Waals surface area (Å²) in [5.41, 5.74) is 1.55. The molecule has 1 aliphatic rings. The molecule has 0 saturated heterocycles. The van der Waals surface area contributed by atoms with Gasteiger partial charge in [0, 0.05) is 25.2 Å². The Kier molecular flexibility index (Phi) is 4.04. The average molecular weight is 262 g/mol. The summed E-state index contributed by atoms with van der Waals surface area (Å²) >= 11 is 0. The van der Waals surface area contributed by atoms with Crippen molar-refractivity contribution in [1.29, 1.82) is 0 Å². The Labute approximate surface area is 112 Å². The van der Waals surface area contributed by atoms with Gasteiger partial charge in [0.1, 0.15) is 0 Å². The number of rotatable bonds is 5. The molecule has 0 unspecified atom stereocenters. The second kappa shape index (κ2) is 5.73. The van der Waals surface area contributed by atoms with Gasteiger partial charge in [-0.15, -0.1) is 0 Å². The van der Waals surface area contributed by atoms with E-state index in [1.165, 1.54) is 0 Å². The van der Waals surface area contributed by atoms with Crippen molar-refractivity contribution in [3.8, 4) is 0 Å². The summed E-state index contributed by atoms with van der Waals surface area (Å²) in [6, 6.07) is 7.54. The molecule has 5 heteroatoms. The fourth-order valence-corrected chi connectivity index (χ4v) is 1.93. The van der Waals surface area contributed by atoms with Crippen molar-refractivity contribution in [1.82, 2.24) is 4.90 Å². The fraction of sp³-hybridized carbons (Fsp3) is 0.429. The Morgan fingerprint density at radius 3 is 2.68 bits per heavy atom. The number of nitrogens with one attached hydrogen (secondary N) is 1. The summed E-state index contributed by atoms with van der Waals surface area (Å²) in [5, 5.41) is 11.6. The number of amides is 2. The average Bonchev–Trinajstić information content (AvgIpc) is 3.21. The molecule has 0 bridgehead atoms. The second-order valence-corrected chi connectivity index (χ2v) is 4.82. The molecule has 1 fully saturated rings. The van der Waals surface area contributed by atoms with E-state index in [1.54, 1.807) is 18.0 Å². The van der Waals surface area contributed by atoms with Gasteiger partial charge in [-0.25, -0.2) is 4.79 Å². The molecule has 1 aromatic rings. The van der Waals surface area contributed by atoms with Gasteiger partial charge in [-0.05, 0) is 30.9 Å². The Morgan fingerprint density at radius 1 is 1.37 bits per heavy atom. The molecule has 0 radical (unpaired) electrons. The third kappa shape index (κ3) is 3.71. The SMILES string of the molecule is CN(C(=O)Nc1ccccc1CCC(=O)O)C1CC1. The van der Waals surface area contributed by atoms with Crippen molar-refractivity contribution >= 4 is 17.7 Å². The van der Waals surface area contributed by atoms with Gasteiger partial charge in [-0.2, -0.15) is 0 Å². The van der Waals surface area contributed by atoms with Crippen LogP contribution in [0.4, 0.5) is 10.5 Å². The molecule has 102 valence electrons. The van der Waals surface area contributed by atoms with Crippen LogP contribution in [0.2, 0.25) is 0 Å². The fourth-order valence-electron chi connectivity index (χ4n) is 1.93. The number of carbonyl (C=O) groups excluding carboxylic acids is 1. The van der Waals surface area contributed by atoms with Crippen LogP contribution in [0.15, 0.2) is 24.3 Å². The Morgan fingerprint density at radius 2 is 2.05 bits per heavy atom. The minimum absolute atomic E-state index is 0.0609. The van der Waals surface area contributed by atoms with E-state index in [-0.39, 0.29) is 12.5 Å². The third-order valence-corrected chi connectivity index (χ3v) is 3.28. The molecule has 5 nitrogen and oxygen atoms in total. The molecule has 0 atom stereocenters. The summed E-state index contributed by atoms with van der Waals surface area (Å²) in [7, 11) is 1.78. The minimum atomic E-state index is -0.837. The molecule has 0 heterocycles. The largest absolute Gasteiger partial charge is 0.481 e. The molecule has 0 spiro atoms. The first-order chi connectivity index (χ1) is 9.08. The van der Waals surface area contributed by atoms with E-state index in [4.69, 9.17) is 5.11 Å². The maximum absolute atomic E-state index is 12.0. The number of carboxylic acid groups (broad SMARTS) is 1. The maximum atomic E-state index is 12.0. The molecule has 1 aliphatic carbocycles. The highest BCUT2D eigenvalue weighted by Crippen LogP contribution is 2.26. The number of aryl methyl sites for hydroxylation is 1. The number of aliphatic carboxylic acids is 1. The van der Waals surface area contributed by atoms with Gasteiger partial charge in [0.2, 0.25) is 0 Å². The number of benzene rings is 1. The van der Waals surface area contributed by atoms with Crippen molar-refractivity contribution in [2.45, 2.75) is 31.7 Å². The van der Waals surface area contributed by atoms with Crippen LogP contribution in [0.1, 0.15) is 24.8 Å². The third-order valence-electron chi connectivity index (χ3n) is 3.28. The Balaban J connectivity index is 2.02. The van der Waals surface area contributed by atoms with Gasteiger partial charge >= 0.3 is 12.0 Å². The first kappa shape index (κ1) is 13.4. The normalized spacial score (nSPS) is 13.9. The van der Waals surface area contributed by atoms with Crippen LogP contribution >= 0.6 is 0 Å². The van der Waals surface area contributed by atoms with Gasteiger partial charge in [0.05, 0.1) is 0 Å². The molecule has 0 aromatic heterocycles. The number of para-hydroxylation sites is 1. The monoisotopic (exact) mass is 262 g/mol. The number of urea groups is 1. The quantitative estimate of drug-likeness (QED) is 0.855. The molecular weight excluding hydrogens is 244 g/mol. The molecule has 19 heavy (non-hydrogen) atoms. The molecule has 2 amide bonds. The highest BCUT2D eigenvalue weighted by molar-refractivity contribution is 5.90. The highest BCUT2D eigenvalue weighted by atomic mass is 16.4.